The lowest BCUT2D eigenvalue weighted by Gasteiger charge is -2.17. The maximum atomic E-state index is 12.7. The second-order valence-corrected chi connectivity index (χ2v) is 9.39. The highest BCUT2D eigenvalue weighted by Crippen LogP contribution is 2.37. The highest BCUT2D eigenvalue weighted by molar-refractivity contribution is 6.00. The molecule has 1 amide bonds. The lowest BCUT2D eigenvalue weighted by atomic mass is 9.86. The molecular weight excluding hydrogens is 410 g/mol. The number of fused-ring (bicyclic) bond motifs is 2. The summed E-state index contributed by atoms with van der Waals surface area (Å²) >= 11 is 0. The van der Waals surface area contributed by atoms with Crippen LogP contribution in [-0.4, -0.2) is 23.0 Å². The number of amides is 1. The molecule has 3 rings (SSSR count). The van der Waals surface area contributed by atoms with Gasteiger partial charge in [-0.2, -0.15) is 0 Å². The average Bonchev–Trinajstić information content (AvgIpc) is 3.13. The summed E-state index contributed by atoms with van der Waals surface area (Å²) in [7, 11) is 0. The molecular formula is C25H31NO6. The van der Waals surface area contributed by atoms with Gasteiger partial charge in [-0.25, -0.2) is 9.59 Å². The molecule has 0 aliphatic carbocycles. The number of rotatable bonds is 7. The van der Waals surface area contributed by atoms with Gasteiger partial charge in [0.25, 0.3) is 0 Å². The minimum Gasteiger partial charge on any atom is -0.480 e. The number of carboxylic acid groups (broad SMARTS) is 1. The molecule has 2 N–H and O–H groups in total. The molecule has 2 aromatic heterocycles. The van der Waals surface area contributed by atoms with E-state index in [1.807, 2.05) is 26.8 Å². The van der Waals surface area contributed by atoms with E-state index in [1.165, 1.54) is 0 Å². The zero-order chi connectivity index (χ0) is 23.8. The number of carbonyl (C=O) groups is 2. The van der Waals surface area contributed by atoms with Crippen LogP contribution in [0.15, 0.2) is 26.0 Å². The summed E-state index contributed by atoms with van der Waals surface area (Å²) in [5, 5.41) is 13.6. The van der Waals surface area contributed by atoms with E-state index in [4.69, 9.17) is 8.83 Å². The summed E-state index contributed by atoms with van der Waals surface area (Å²) in [6.07, 6.45) is 2.93. The molecule has 0 unspecified atom stereocenters. The molecule has 7 nitrogen and oxygen atoms in total. The van der Waals surface area contributed by atoms with Crippen LogP contribution in [0.2, 0.25) is 0 Å². The summed E-state index contributed by atoms with van der Waals surface area (Å²) < 4.78 is 11.5. The lowest BCUT2D eigenvalue weighted by Crippen LogP contribution is -2.40. The Bertz CT molecular complexity index is 1240. The van der Waals surface area contributed by atoms with Crippen molar-refractivity contribution in [3.63, 3.8) is 0 Å². The van der Waals surface area contributed by atoms with E-state index >= 15 is 0 Å². The quantitative estimate of drug-likeness (QED) is 0.512. The molecule has 0 radical (unpaired) electrons. The van der Waals surface area contributed by atoms with Crippen molar-refractivity contribution in [1.82, 2.24) is 5.32 Å². The van der Waals surface area contributed by atoms with Crippen LogP contribution in [-0.2, 0) is 21.4 Å². The van der Waals surface area contributed by atoms with Gasteiger partial charge in [-0.15, -0.1) is 0 Å². The largest absolute Gasteiger partial charge is 0.480 e. The van der Waals surface area contributed by atoms with Crippen LogP contribution in [0, 0.1) is 13.8 Å². The van der Waals surface area contributed by atoms with Crippen LogP contribution in [0.5, 0.6) is 0 Å². The van der Waals surface area contributed by atoms with Gasteiger partial charge in [-0.3, -0.25) is 4.79 Å². The highest BCUT2D eigenvalue weighted by Gasteiger charge is 2.24. The van der Waals surface area contributed by atoms with Crippen LogP contribution < -0.4 is 10.9 Å². The monoisotopic (exact) mass is 441 g/mol. The van der Waals surface area contributed by atoms with Crippen molar-refractivity contribution in [3.05, 3.63) is 45.0 Å². The van der Waals surface area contributed by atoms with Crippen LogP contribution in [0.25, 0.3) is 21.9 Å². The smallest absolute Gasteiger partial charge is 0.339 e. The molecule has 1 atom stereocenters. The standard InChI is InChI=1S/C25H31NO6/c1-7-8-19(23(28)29)26-20(27)10-9-15-13(2)16-11-17-18(25(4,5)6)12-31-21(17)14(3)22(16)32-24(15)30/h11-12,19H,7-10H2,1-6H3,(H,26,27)(H,28,29)/t19-/m0/s1. The molecule has 0 aliphatic heterocycles. The summed E-state index contributed by atoms with van der Waals surface area (Å²) in [4.78, 5) is 36.3. The van der Waals surface area contributed by atoms with Crippen molar-refractivity contribution in [2.24, 2.45) is 0 Å². The number of carboxylic acids is 1. The number of hydrogen-bond donors (Lipinski definition) is 2. The Hall–Kier alpha value is -3.09. The van der Waals surface area contributed by atoms with E-state index in [0.29, 0.717) is 29.6 Å². The van der Waals surface area contributed by atoms with Crippen molar-refractivity contribution in [1.29, 1.82) is 0 Å². The number of carbonyl (C=O) groups excluding carboxylic acids is 1. The Morgan fingerprint density at radius 1 is 1.12 bits per heavy atom. The minimum atomic E-state index is -1.06. The fourth-order valence-corrected chi connectivity index (χ4v) is 4.12. The molecule has 32 heavy (non-hydrogen) atoms. The first-order valence-electron chi connectivity index (χ1n) is 10.9. The summed E-state index contributed by atoms with van der Waals surface area (Å²) in [6.45, 7) is 11.9. The van der Waals surface area contributed by atoms with E-state index in [-0.39, 0.29) is 18.3 Å². The van der Waals surface area contributed by atoms with E-state index in [1.54, 1.807) is 6.26 Å². The van der Waals surface area contributed by atoms with Crippen LogP contribution >= 0.6 is 0 Å². The van der Waals surface area contributed by atoms with Gasteiger partial charge in [0.15, 0.2) is 0 Å². The Balaban J connectivity index is 1.98. The molecule has 2 heterocycles. The Morgan fingerprint density at radius 3 is 2.41 bits per heavy atom. The molecule has 1 aromatic carbocycles. The molecule has 0 fully saturated rings. The number of aryl methyl sites for hydroxylation is 2. The highest BCUT2D eigenvalue weighted by atomic mass is 16.4. The minimum absolute atomic E-state index is 0.00474. The maximum absolute atomic E-state index is 12.7. The van der Waals surface area contributed by atoms with Crippen molar-refractivity contribution >= 4 is 33.8 Å². The summed E-state index contributed by atoms with van der Waals surface area (Å²) in [5.41, 5.74) is 3.60. The van der Waals surface area contributed by atoms with Crippen molar-refractivity contribution in [3.8, 4) is 0 Å². The maximum Gasteiger partial charge on any atom is 0.339 e. The second-order valence-electron chi connectivity index (χ2n) is 9.39. The van der Waals surface area contributed by atoms with Crippen LogP contribution in [0.1, 0.15) is 69.2 Å². The summed E-state index contributed by atoms with van der Waals surface area (Å²) in [6, 6.07) is 1.07. The van der Waals surface area contributed by atoms with Crippen LogP contribution in [0.3, 0.4) is 0 Å². The Morgan fingerprint density at radius 2 is 1.81 bits per heavy atom. The first-order chi connectivity index (χ1) is 15.0. The zero-order valence-electron chi connectivity index (χ0n) is 19.5. The third-order valence-electron chi connectivity index (χ3n) is 5.96. The number of furan rings is 1. The van der Waals surface area contributed by atoms with Crippen molar-refractivity contribution in [2.75, 3.05) is 0 Å². The summed E-state index contributed by atoms with van der Waals surface area (Å²) in [5.74, 6) is -1.46. The van der Waals surface area contributed by atoms with Crippen molar-refractivity contribution in [2.45, 2.75) is 78.7 Å². The third-order valence-corrected chi connectivity index (χ3v) is 5.96. The predicted molar refractivity (Wildman–Crippen MR) is 123 cm³/mol. The second kappa shape index (κ2) is 8.81. The molecule has 0 saturated carbocycles. The lowest BCUT2D eigenvalue weighted by molar-refractivity contribution is -0.142. The molecule has 172 valence electrons. The molecule has 0 aliphatic rings. The van der Waals surface area contributed by atoms with Crippen LogP contribution in [0.4, 0.5) is 0 Å². The molecule has 0 spiro atoms. The van der Waals surface area contributed by atoms with Gasteiger partial charge in [0, 0.05) is 33.9 Å². The van der Waals surface area contributed by atoms with Gasteiger partial charge in [0.05, 0.1) is 6.26 Å². The Labute approximate surface area is 186 Å². The van der Waals surface area contributed by atoms with Gasteiger partial charge in [-0.1, -0.05) is 34.1 Å². The number of aliphatic carboxylic acids is 1. The van der Waals surface area contributed by atoms with Gasteiger partial charge in [0.2, 0.25) is 5.91 Å². The normalized spacial score (nSPS) is 12.9. The molecule has 0 bridgehead atoms. The van der Waals surface area contributed by atoms with Gasteiger partial charge in [-0.05, 0) is 43.7 Å². The average molecular weight is 442 g/mol. The van der Waals surface area contributed by atoms with E-state index in [0.717, 1.165) is 27.5 Å². The van der Waals surface area contributed by atoms with E-state index < -0.39 is 23.5 Å². The van der Waals surface area contributed by atoms with Gasteiger partial charge < -0.3 is 19.3 Å². The van der Waals surface area contributed by atoms with Crippen molar-refractivity contribution < 1.29 is 23.5 Å². The Kier molecular flexibility index (Phi) is 6.49. The zero-order valence-corrected chi connectivity index (χ0v) is 19.5. The van der Waals surface area contributed by atoms with Gasteiger partial charge in [0.1, 0.15) is 17.2 Å². The third kappa shape index (κ3) is 4.42. The van der Waals surface area contributed by atoms with E-state index in [2.05, 4.69) is 26.1 Å². The number of benzene rings is 1. The SMILES string of the molecule is CCC[C@H](NC(=O)CCc1c(C)c2cc3c(C(C)(C)C)coc3c(C)c2oc1=O)C(=O)O. The molecule has 3 aromatic rings. The molecule has 7 heteroatoms. The fourth-order valence-electron chi connectivity index (χ4n) is 4.12. The number of nitrogens with one attached hydrogen (secondary N) is 1. The fraction of sp³-hybridized carbons (Fsp3) is 0.480. The number of hydrogen-bond acceptors (Lipinski definition) is 5. The topological polar surface area (TPSA) is 110 Å². The first-order valence-corrected chi connectivity index (χ1v) is 10.9. The predicted octanol–water partition coefficient (Wildman–Crippen LogP) is 4.76. The van der Waals surface area contributed by atoms with Gasteiger partial charge >= 0.3 is 11.6 Å². The first kappa shape index (κ1) is 23.6. The van der Waals surface area contributed by atoms with E-state index in [9.17, 15) is 19.5 Å². The molecule has 0 saturated heterocycles.